The van der Waals surface area contributed by atoms with Crippen molar-refractivity contribution >= 4 is 6.08 Å². The van der Waals surface area contributed by atoms with E-state index in [1.807, 2.05) is 31.3 Å². The SMILES string of the molecule is CNCCC=Cc1ccccc1CO. The molecule has 0 atom stereocenters. The minimum absolute atomic E-state index is 0.104. The van der Waals surface area contributed by atoms with Gasteiger partial charge in [-0.05, 0) is 31.1 Å². The highest BCUT2D eigenvalue weighted by Crippen LogP contribution is 2.10. The molecule has 0 amide bonds. The third-order valence-electron chi connectivity index (χ3n) is 2.08. The van der Waals surface area contributed by atoms with Crippen molar-refractivity contribution in [2.24, 2.45) is 0 Å². The molecular formula is C12H17NO. The fourth-order valence-corrected chi connectivity index (χ4v) is 1.28. The van der Waals surface area contributed by atoms with Crippen LogP contribution >= 0.6 is 0 Å². The van der Waals surface area contributed by atoms with Gasteiger partial charge in [0.1, 0.15) is 0 Å². The van der Waals surface area contributed by atoms with Crippen LogP contribution in [0.1, 0.15) is 17.5 Å². The van der Waals surface area contributed by atoms with Crippen LogP contribution < -0.4 is 5.32 Å². The van der Waals surface area contributed by atoms with Crippen molar-refractivity contribution < 1.29 is 5.11 Å². The van der Waals surface area contributed by atoms with Crippen LogP contribution in [-0.4, -0.2) is 18.7 Å². The zero-order valence-corrected chi connectivity index (χ0v) is 8.53. The quantitative estimate of drug-likeness (QED) is 0.696. The minimum Gasteiger partial charge on any atom is -0.392 e. The summed E-state index contributed by atoms with van der Waals surface area (Å²) in [5, 5.41) is 12.2. The Morgan fingerprint density at radius 3 is 2.86 bits per heavy atom. The molecule has 0 bridgehead atoms. The molecule has 1 rings (SSSR count). The average Bonchev–Trinajstić information content (AvgIpc) is 2.25. The number of nitrogens with one attached hydrogen (secondary N) is 1. The first-order valence-electron chi connectivity index (χ1n) is 4.88. The summed E-state index contributed by atoms with van der Waals surface area (Å²) in [6, 6.07) is 7.88. The summed E-state index contributed by atoms with van der Waals surface area (Å²) in [6.45, 7) is 1.09. The molecule has 0 aliphatic carbocycles. The van der Waals surface area contributed by atoms with Gasteiger partial charge >= 0.3 is 0 Å². The molecule has 1 aromatic carbocycles. The van der Waals surface area contributed by atoms with Gasteiger partial charge in [0.15, 0.2) is 0 Å². The molecule has 0 saturated heterocycles. The largest absolute Gasteiger partial charge is 0.392 e. The van der Waals surface area contributed by atoms with Gasteiger partial charge in [0, 0.05) is 0 Å². The van der Waals surface area contributed by atoms with E-state index >= 15 is 0 Å². The number of hydrogen-bond acceptors (Lipinski definition) is 2. The number of aliphatic hydroxyl groups is 1. The Kier molecular flexibility index (Phi) is 4.97. The van der Waals surface area contributed by atoms with Gasteiger partial charge in [0.05, 0.1) is 6.61 Å². The molecule has 0 aromatic heterocycles. The van der Waals surface area contributed by atoms with E-state index in [2.05, 4.69) is 17.5 Å². The summed E-state index contributed by atoms with van der Waals surface area (Å²) in [4.78, 5) is 0. The predicted octanol–water partition coefficient (Wildman–Crippen LogP) is 1.80. The monoisotopic (exact) mass is 191 g/mol. The van der Waals surface area contributed by atoms with Crippen molar-refractivity contribution in [2.45, 2.75) is 13.0 Å². The lowest BCUT2D eigenvalue weighted by Gasteiger charge is -2.01. The maximum Gasteiger partial charge on any atom is 0.0687 e. The van der Waals surface area contributed by atoms with Crippen molar-refractivity contribution in [3.05, 3.63) is 41.5 Å². The van der Waals surface area contributed by atoms with Gasteiger partial charge in [-0.15, -0.1) is 0 Å². The van der Waals surface area contributed by atoms with Crippen LogP contribution in [0.2, 0.25) is 0 Å². The highest BCUT2D eigenvalue weighted by Gasteiger charge is 1.94. The predicted molar refractivity (Wildman–Crippen MR) is 59.9 cm³/mol. The summed E-state index contributed by atoms with van der Waals surface area (Å²) >= 11 is 0. The van der Waals surface area contributed by atoms with E-state index in [1.165, 1.54) is 0 Å². The maximum absolute atomic E-state index is 9.07. The van der Waals surface area contributed by atoms with Gasteiger partial charge in [0.25, 0.3) is 0 Å². The molecule has 0 saturated carbocycles. The Labute approximate surface area is 85.3 Å². The molecule has 0 fully saturated rings. The Morgan fingerprint density at radius 1 is 1.36 bits per heavy atom. The molecule has 76 valence electrons. The van der Waals surface area contributed by atoms with Crippen LogP contribution in [0.4, 0.5) is 0 Å². The zero-order chi connectivity index (χ0) is 10.2. The van der Waals surface area contributed by atoms with Crippen molar-refractivity contribution in [1.29, 1.82) is 0 Å². The molecular weight excluding hydrogens is 174 g/mol. The van der Waals surface area contributed by atoms with Gasteiger partial charge in [0.2, 0.25) is 0 Å². The second-order valence-electron chi connectivity index (χ2n) is 3.15. The van der Waals surface area contributed by atoms with Crippen LogP contribution in [0.3, 0.4) is 0 Å². The molecule has 2 N–H and O–H groups in total. The Morgan fingerprint density at radius 2 is 2.14 bits per heavy atom. The maximum atomic E-state index is 9.07. The lowest BCUT2D eigenvalue weighted by molar-refractivity contribution is 0.281. The molecule has 2 heteroatoms. The first-order chi connectivity index (χ1) is 6.88. The first-order valence-corrected chi connectivity index (χ1v) is 4.88. The van der Waals surface area contributed by atoms with Gasteiger partial charge in [-0.3, -0.25) is 0 Å². The van der Waals surface area contributed by atoms with E-state index < -0.39 is 0 Å². The van der Waals surface area contributed by atoms with E-state index in [-0.39, 0.29) is 6.61 Å². The van der Waals surface area contributed by atoms with Gasteiger partial charge in [-0.2, -0.15) is 0 Å². The summed E-state index contributed by atoms with van der Waals surface area (Å²) in [5.41, 5.74) is 2.08. The number of aliphatic hydroxyl groups excluding tert-OH is 1. The average molecular weight is 191 g/mol. The Balaban J connectivity index is 2.61. The number of hydrogen-bond donors (Lipinski definition) is 2. The Hall–Kier alpha value is -1.12. The van der Waals surface area contributed by atoms with Crippen molar-refractivity contribution in [3.8, 4) is 0 Å². The van der Waals surface area contributed by atoms with Crippen LogP contribution in [-0.2, 0) is 6.61 Å². The topological polar surface area (TPSA) is 32.3 Å². The smallest absolute Gasteiger partial charge is 0.0687 e. The highest BCUT2D eigenvalue weighted by molar-refractivity contribution is 5.53. The van der Waals surface area contributed by atoms with Gasteiger partial charge < -0.3 is 10.4 Å². The van der Waals surface area contributed by atoms with Gasteiger partial charge in [-0.25, -0.2) is 0 Å². The van der Waals surface area contributed by atoms with E-state index in [4.69, 9.17) is 5.11 Å². The number of benzene rings is 1. The Bertz CT molecular complexity index is 294. The molecule has 2 nitrogen and oxygen atoms in total. The van der Waals surface area contributed by atoms with Crippen LogP contribution in [0.5, 0.6) is 0 Å². The second-order valence-corrected chi connectivity index (χ2v) is 3.15. The number of rotatable bonds is 5. The van der Waals surface area contributed by atoms with Crippen molar-refractivity contribution in [2.75, 3.05) is 13.6 Å². The van der Waals surface area contributed by atoms with Crippen LogP contribution in [0.25, 0.3) is 6.08 Å². The molecule has 14 heavy (non-hydrogen) atoms. The highest BCUT2D eigenvalue weighted by atomic mass is 16.3. The minimum atomic E-state index is 0.104. The van der Waals surface area contributed by atoms with Crippen LogP contribution in [0.15, 0.2) is 30.3 Å². The summed E-state index contributed by atoms with van der Waals surface area (Å²) in [6.07, 6.45) is 5.18. The third kappa shape index (κ3) is 3.32. The summed E-state index contributed by atoms with van der Waals surface area (Å²) in [5.74, 6) is 0. The lowest BCUT2D eigenvalue weighted by atomic mass is 10.1. The van der Waals surface area contributed by atoms with E-state index in [9.17, 15) is 0 Å². The van der Waals surface area contributed by atoms with E-state index in [1.54, 1.807) is 0 Å². The summed E-state index contributed by atoms with van der Waals surface area (Å²) < 4.78 is 0. The van der Waals surface area contributed by atoms with E-state index in [0.717, 1.165) is 24.1 Å². The molecule has 0 spiro atoms. The second kappa shape index (κ2) is 6.35. The molecule has 1 aromatic rings. The fourth-order valence-electron chi connectivity index (χ4n) is 1.28. The first kappa shape index (κ1) is 11.0. The molecule has 0 heterocycles. The van der Waals surface area contributed by atoms with E-state index in [0.29, 0.717) is 0 Å². The van der Waals surface area contributed by atoms with Crippen molar-refractivity contribution in [1.82, 2.24) is 5.32 Å². The van der Waals surface area contributed by atoms with Crippen LogP contribution in [0, 0.1) is 0 Å². The lowest BCUT2D eigenvalue weighted by Crippen LogP contribution is -2.05. The fraction of sp³-hybridized carbons (Fsp3) is 0.333. The van der Waals surface area contributed by atoms with Crippen molar-refractivity contribution in [3.63, 3.8) is 0 Å². The molecule has 0 aliphatic rings. The standard InChI is InChI=1S/C12H17NO/c1-13-9-5-4-7-11-6-2-3-8-12(11)10-14/h2-4,6-8,13-14H,5,9-10H2,1H3. The molecule has 0 radical (unpaired) electrons. The normalized spacial score (nSPS) is 11.0. The molecule has 0 aliphatic heterocycles. The molecule has 0 unspecified atom stereocenters. The summed E-state index contributed by atoms with van der Waals surface area (Å²) in [7, 11) is 1.94. The van der Waals surface area contributed by atoms with Gasteiger partial charge in [-0.1, -0.05) is 36.4 Å². The third-order valence-corrected chi connectivity index (χ3v) is 2.08. The zero-order valence-electron chi connectivity index (χ0n) is 8.53.